The number of benzene rings is 1. The van der Waals surface area contributed by atoms with E-state index in [0.29, 0.717) is 18.5 Å². The van der Waals surface area contributed by atoms with Crippen LogP contribution in [0, 0.1) is 0 Å². The Morgan fingerprint density at radius 1 is 1.46 bits per heavy atom. The van der Waals surface area contributed by atoms with Gasteiger partial charge in [0.1, 0.15) is 5.75 Å². The van der Waals surface area contributed by atoms with Crippen LogP contribution in [0.2, 0.25) is 0 Å². The molecule has 0 radical (unpaired) electrons. The highest BCUT2D eigenvalue weighted by Gasteiger charge is 2.38. The maximum Gasteiger partial charge on any atom is 0.547 e. The van der Waals surface area contributed by atoms with Gasteiger partial charge in [-0.2, -0.15) is 0 Å². The van der Waals surface area contributed by atoms with Gasteiger partial charge in [0.05, 0.1) is 18.0 Å². The van der Waals surface area contributed by atoms with Gasteiger partial charge in [-0.25, -0.2) is 4.79 Å². The van der Waals surface area contributed by atoms with Gasteiger partial charge in [0.15, 0.2) is 0 Å². The van der Waals surface area contributed by atoms with Crippen molar-refractivity contribution < 1.29 is 24.4 Å². The van der Waals surface area contributed by atoms with Crippen molar-refractivity contribution in [2.45, 2.75) is 24.8 Å². The van der Waals surface area contributed by atoms with Crippen LogP contribution in [0.15, 0.2) is 18.2 Å². The minimum Gasteiger partial charge on any atom is -0.534 e. The maximum absolute atomic E-state index is 12.2. The lowest BCUT2D eigenvalue weighted by Gasteiger charge is -2.29. The zero-order valence-electron chi connectivity index (χ0n) is 13.1. The third-order valence-electron chi connectivity index (χ3n) is 4.37. The summed E-state index contributed by atoms with van der Waals surface area (Å²) >= 11 is 0. The topological polar surface area (TPSA) is 125 Å². The molecular weight excluding hydrogens is 313 g/mol. The highest BCUT2D eigenvalue weighted by molar-refractivity contribution is 6.47. The van der Waals surface area contributed by atoms with Crippen molar-refractivity contribution in [3.05, 3.63) is 29.3 Å². The second-order valence-corrected chi connectivity index (χ2v) is 6.27. The first-order valence-corrected chi connectivity index (χ1v) is 7.91. The minimum atomic E-state index is -1.29. The summed E-state index contributed by atoms with van der Waals surface area (Å²) in [5.74, 6) is -1.79. The number of nitrogens with two attached hydrogens (primary N) is 1. The number of nitrogens with one attached hydrogen (secondary N) is 1. The van der Waals surface area contributed by atoms with Crippen LogP contribution in [0.1, 0.15) is 22.3 Å². The third kappa shape index (κ3) is 3.53. The van der Waals surface area contributed by atoms with E-state index >= 15 is 0 Å². The first-order chi connectivity index (χ1) is 11.4. The number of likely N-dealkylation sites (tertiary alicyclic amines) is 1. The Morgan fingerprint density at radius 3 is 2.92 bits per heavy atom. The van der Waals surface area contributed by atoms with Gasteiger partial charge < -0.3 is 25.8 Å². The molecule has 1 aromatic rings. The van der Waals surface area contributed by atoms with E-state index in [0.717, 1.165) is 13.0 Å². The number of carboxylic acids is 1. The summed E-state index contributed by atoms with van der Waals surface area (Å²) in [4.78, 5) is 25.3. The average molecular weight is 333 g/mol. The molecule has 3 rings (SSSR count). The molecule has 0 aliphatic carbocycles. The summed E-state index contributed by atoms with van der Waals surface area (Å²) in [6, 6.07) is 4.87. The van der Waals surface area contributed by atoms with Crippen LogP contribution in [-0.2, 0) is 11.2 Å². The Balaban J connectivity index is 1.65. The number of nitrogens with zero attached hydrogens (tertiary/aromatic N) is 1. The molecule has 128 valence electrons. The molecule has 0 aromatic heterocycles. The second kappa shape index (κ2) is 6.80. The fourth-order valence-corrected chi connectivity index (χ4v) is 3.18. The lowest BCUT2D eigenvalue weighted by Crippen LogP contribution is -2.54. The van der Waals surface area contributed by atoms with E-state index in [-0.39, 0.29) is 29.8 Å². The molecule has 1 fully saturated rings. The zero-order chi connectivity index (χ0) is 17.3. The van der Waals surface area contributed by atoms with Gasteiger partial charge in [0.2, 0.25) is 5.91 Å². The van der Waals surface area contributed by atoms with Crippen LogP contribution in [0.5, 0.6) is 5.75 Å². The van der Waals surface area contributed by atoms with Gasteiger partial charge in [-0.1, -0.05) is 12.1 Å². The average Bonchev–Trinajstić information content (AvgIpc) is 2.92. The molecule has 0 saturated carbocycles. The van der Waals surface area contributed by atoms with Crippen LogP contribution in [-0.4, -0.2) is 65.6 Å². The van der Waals surface area contributed by atoms with Crippen molar-refractivity contribution in [3.8, 4) is 5.75 Å². The first kappa shape index (κ1) is 16.8. The minimum absolute atomic E-state index is 0.00220. The summed E-state index contributed by atoms with van der Waals surface area (Å²) in [6.45, 7) is 1.68. The van der Waals surface area contributed by atoms with E-state index < -0.39 is 19.0 Å². The quantitative estimate of drug-likeness (QED) is 0.513. The lowest BCUT2D eigenvalue weighted by molar-refractivity contribution is -0.122. The van der Waals surface area contributed by atoms with Crippen LogP contribution in [0.25, 0.3) is 0 Å². The highest BCUT2D eigenvalue weighted by atomic mass is 16.5. The number of aromatic carboxylic acids is 1. The summed E-state index contributed by atoms with van der Waals surface area (Å²) in [5.41, 5.74) is 6.47. The SMILES string of the molecule is NC1CCN(CC(=O)NC2Cc3cccc(C(=O)O)c3OB2O)C1. The van der Waals surface area contributed by atoms with Crippen molar-refractivity contribution in [2.75, 3.05) is 19.6 Å². The molecule has 1 aromatic carbocycles. The van der Waals surface area contributed by atoms with Crippen molar-refractivity contribution in [1.82, 2.24) is 10.2 Å². The second-order valence-electron chi connectivity index (χ2n) is 6.27. The summed E-state index contributed by atoms with van der Waals surface area (Å²) in [6.07, 6.45) is 1.18. The molecule has 2 atom stereocenters. The van der Waals surface area contributed by atoms with Crippen molar-refractivity contribution in [1.29, 1.82) is 0 Å². The number of fused-ring (bicyclic) bond motifs is 1. The Kier molecular flexibility index (Phi) is 4.75. The van der Waals surface area contributed by atoms with Crippen LogP contribution in [0.4, 0.5) is 0 Å². The predicted molar refractivity (Wildman–Crippen MR) is 86.7 cm³/mol. The van der Waals surface area contributed by atoms with Gasteiger partial charge in [0.25, 0.3) is 0 Å². The standard InChI is InChI=1S/C15H20BN3O5/c17-10-4-5-19(7-10)8-13(20)18-12-6-9-2-1-3-11(15(21)22)14(9)24-16(12)23/h1-3,10,12,23H,4-8,17H2,(H,18,20)(H,21,22). The van der Waals surface area contributed by atoms with E-state index in [1.54, 1.807) is 12.1 Å². The molecular formula is C15H20BN3O5. The lowest BCUT2D eigenvalue weighted by atomic mass is 9.72. The number of para-hydroxylation sites is 1. The van der Waals surface area contributed by atoms with Gasteiger partial charge in [-0.05, 0) is 24.5 Å². The maximum atomic E-state index is 12.2. The van der Waals surface area contributed by atoms with E-state index in [9.17, 15) is 19.7 Å². The fourth-order valence-electron chi connectivity index (χ4n) is 3.18. The Morgan fingerprint density at radius 2 is 2.25 bits per heavy atom. The van der Waals surface area contributed by atoms with E-state index in [1.165, 1.54) is 6.07 Å². The first-order valence-electron chi connectivity index (χ1n) is 7.91. The number of carboxylic acid groups (broad SMARTS) is 1. The smallest absolute Gasteiger partial charge is 0.534 e. The molecule has 1 amide bonds. The van der Waals surface area contributed by atoms with Crippen molar-refractivity contribution in [2.24, 2.45) is 5.73 Å². The van der Waals surface area contributed by atoms with Crippen molar-refractivity contribution in [3.63, 3.8) is 0 Å². The number of hydrogen-bond donors (Lipinski definition) is 4. The Labute approximate surface area is 139 Å². The monoisotopic (exact) mass is 333 g/mol. The number of amides is 1. The number of hydrogen-bond acceptors (Lipinski definition) is 6. The molecule has 0 bridgehead atoms. The molecule has 2 heterocycles. The molecule has 9 heteroatoms. The number of carbonyl (C=O) groups is 2. The molecule has 2 aliphatic heterocycles. The highest BCUT2D eigenvalue weighted by Crippen LogP contribution is 2.30. The Hall–Kier alpha value is -2.10. The van der Waals surface area contributed by atoms with Crippen LogP contribution in [0.3, 0.4) is 0 Å². The molecule has 0 spiro atoms. The molecule has 2 unspecified atom stereocenters. The van der Waals surface area contributed by atoms with E-state index in [2.05, 4.69) is 5.32 Å². The van der Waals surface area contributed by atoms with Crippen molar-refractivity contribution >= 4 is 19.0 Å². The largest absolute Gasteiger partial charge is 0.547 e. The van der Waals surface area contributed by atoms with Gasteiger partial charge in [-0.3, -0.25) is 9.69 Å². The van der Waals surface area contributed by atoms with Gasteiger partial charge >= 0.3 is 13.1 Å². The number of rotatable bonds is 4. The van der Waals surface area contributed by atoms with E-state index in [1.807, 2.05) is 4.90 Å². The summed E-state index contributed by atoms with van der Waals surface area (Å²) < 4.78 is 5.35. The van der Waals surface area contributed by atoms with Crippen LogP contribution >= 0.6 is 0 Å². The molecule has 2 aliphatic rings. The Bertz CT molecular complexity index is 656. The zero-order valence-corrected chi connectivity index (χ0v) is 13.1. The van der Waals surface area contributed by atoms with Gasteiger partial charge in [0, 0.05) is 19.1 Å². The van der Waals surface area contributed by atoms with E-state index in [4.69, 9.17) is 10.4 Å². The summed E-state index contributed by atoms with van der Waals surface area (Å²) in [5, 5.41) is 22.0. The molecule has 8 nitrogen and oxygen atoms in total. The molecule has 5 N–H and O–H groups in total. The number of carbonyl (C=O) groups excluding carboxylic acids is 1. The molecule has 24 heavy (non-hydrogen) atoms. The van der Waals surface area contributed by atoms with Crippen LogP contribution < -0.4 is 15.7 Å². The van der Waals surface area contributed by atoms with Gasteiger partial charge in [-0.15, -0.1) is 0 Å². The third-order valence-corrected chi connectivity index (χ3v) is 4.37. The predicted octanol–water partition coefficient (Wildman–Crippen LogP) is -1.14. The normalized spacial score (nSPS) is 23.5. The summed E-state index contributed by atoms with van der Waals surface area (Å²) in [7, 11) is -1.29. The molecule has 1 saturated heterocycles. The fraction of sp³-hybridized carbons (Fsp3) is 0.467.